The topological polar surface area (TPSA) is 24.6 Å². The molecule has 5 heteroatoms. The summed E-state index contributed by atoms with van der Waals surface area (Å²) in [6, 6.07) is 87.8. The van der Waals surface area contributed by atoms with Gasteiger partial charge in [0.15, 0.2) is 0 Å². The summed E-state index contributed by atoms with van der Waals surface area (Å²) in [7, 11) is 0. The van der Waals surface area contributed by atoms with Crippen LogP contribution in [-0.4, -0.2) is 15.7 Å². The number of rotatable bonds is 6. The van der Waals surface area contributed by atoms with Crippen LogP contribution in [0.1, 0.15) is 85.9 Å². The number of nitrogens with zero attached hydrogens (tertiary/aromatic N) is 3. The van der Waals surface area contributed by atoms with Gasteiger partial charge in [0.1, 0.15) is 0 Å². The summed E-state index contributed by atoms with van der Waals surface area (Å²) in [4.78, 5) is 2.45. The van der Waals surface area contributed by atoms with E-state index in [0.29, 0.717) is 5.56 Å². The normalized spacial score (nSPS) is 13.8. The summed E-state index contributed by atoms with van der Waals surface area (Å²) >= 11 is 0. The van der Waals surface area contributed by atoms with E-state index in [1.165, 1.54) is 33.1 Å². The van der Waals surface area contributed by atoms with Crippen molar-refractivity contribution in [3.63, 3.8) is 0 Å². The molecule has 5 heterocycles. The minimum absolute atomic E-state index is 0.0375. The third-order valence-electron chi connectivity index (χ3n) is 20.6. The van der Waals surface area contributed by atoms with Gasteiger partial charge in [-0.15, -0.1) is 0 Å². The van der Waals surface area contributed by atoms with Crippen molar-refractivity contribution in [2.75, 3.05) is 10.2 Å². The molecule has 0 fully saturated rings. The molecule has 0 spiro atoms. The van der Waals surface area contributed by atoms with Gasteiger partial charge in [-0.05, 0) is 165 Å². The second-order valence-corrected chi connectivity index (χ2v) is 29.4. The van der Waals surface area contributed by atoms with Crippen molar-refractivity contribution in [3.8, 4) is 39.1 Å². The first-order valence-electron chi connectivity index (χ1n) is 35.9. The highest BCUT2D eigenvalue weighted by molar-refractivity contribution is 7.00. The van der Waals surface area contributed by atoms with Crippen LogP contribution < -0.4 is 26.6 Å². The number of aromatic nitrogens is 2. The van der Waals surface area contributed by atoms with Gasteiger partial charge < -0.3 is 19.2 Å². The van der Waals surface area contributed by atoms with Crippen LogP contribution in [-0.2, 0) is 16.2 Å². The molecular weight excluding hydrogens is 1150 g/mol. The Bertz CT molecular complexity index is 6230. The summed E-state index contributed by atoms with van der Waals surface area (Å²) < 4.78 is 50.9. The van der Waals surface area contributed by atoms with Gasteiger partial charge in [0, 0.05) is 71.8 Å². The van der Waals surface area contributed by atoms with Gasteiger partial charge in [0.05, 0.1) is 34.6 Å². The van der Waals surface area contributed by atoms with E-state index in [0.717, 1.165) is 138 Å². The molecule has 0 atom stereocenters. The third-order valence-corrected chi connectivity index (χ3v) is 20.6. The van der Waals surface area contributed by atoms with E-state index in [9.17, 15) is 2.74 Å². The summed E-state index contributed by atoms with van der Waals surface area (Å²) in [5.74, 6) is 0. The quantitative estimate of drug-likeness (QED) is 0.168. The molecule has 456 valence electrons. The number of hydrogen-bond acceptors (Lipinski definition) is 2. The van der Waals surface area contributed by atoms with E-state index < -0.39 is 6.04 Å². The Hall–Kier alpha value is -10.9. The van der Waals surface area contributed by atoms with Gasteiger partial charge in [-0.1, -0.05) is 268 Å². The lowest BCUT2D eigenvalue weighted by atomic mass is 9.33. The van der Waals surface area contributed by atoms with E-state index in [1.807, 2.05) is 12.1 Å². The Labute approximate surface area is 563 Å². The Kier molecular flexibility index (Phi) is 11.3. The molecular formula is C90H73BN4. The van der Waals surface area contributed by atoms with Crippen LogP contribution in [0.2, 0.25) is 0 Å². The average Bonchev–Trinajstić information content (AvgIpc) is 1.42. The fourth-order valence-electron chi connectivity index (χ4n) is 15.8. The molecule has 0 bridgehead atoms. The summed E-state index contributed by atoms with van der Waals surface area (Å²) in [5, 5.41) is 15.3. The maximum absolute atomic E-state index is 9.50. The fourth-order valence-corrected chi connectivity index (χ4v) is 15.8. The monoisotopic (exact) mass is 1230 g/mol. The molecule has 0 amide bonds. The minimum Gasteiger partial charge on any atom is -0.355 e. The Morgan fingerprint density at radius 1 is 0.368 bits per heavy atom. The predicted octanol–water partition coefficient (Wildman–Crippen LogP) is 22.6. The maximum Gasteiger partial charge on any atom is 0.252 e. The molecule has 0 unspecified atom stereocenters. The lowest BCUT2D eigenvalue weighted by molar-refractivity contribution is 0.589. The smallest absolute Gasteiger partial charge is 0.252 e. The van der Waals surface area contributed by atoms with Crippen LogP contribution in [0, 0.1) is 0 Å². The first-order valence-corrected chi connectivity index (χ1v) is 33.4. The van der Waals surface area contributed by atoms with E-state index in [-0.39, 0.29) is 52.7 Å². The van der Waals surface area contributed by atoms with Crippen molar-refractivity contribution >= 4 is 133 Å². The molecule has 18 rings (SSSR count). The Morgan fingerprint density at radius 2 is 0.979 bits per heavy atom. The second-order valence-electron chi connectivity index (χ2n) is 29.4. The van der Waals surface area contributed by atoms with Crippen LogP contribution in [0.5, 0.6) is 0 Å². The van der Waals surface area contributed by atoms with Gasteiger partial charge in [-0.3, -0.25) is 0 Å². The average molecular weight is 1230 g/mol. The zero-order valence-electron chi connectivity index (χ0n) is 60.0. The fraction of sp³-hybridized carbons (Fsp3) is 0.133. The second kappa shape index (κ2) is 20.8. The van der Waals surface area contributed by atoms with Crippen LogP contribution in [0.25, 0.3) is 121 Å². The maximum atomic E-state index is 9.50. The lowest BCUT2D eigenvalue weighted by Gasteiger charge is -2.41. The van der Waals surface area contributed by atoms with Crippen LogP contribution in [0.15, 0.2) is 273 Å². The molecule has 0 radical (unpaired) electrons. The molecule has 0 saturated heterocycles. The molecule has 2 aliphatic heterocycles. The van der Waals surface area contributed by atoms with Gasteiger partial charge in [0.25, 0.3) is 6.71 Å². The summed E-state index contributed by atoms with van der Waals surface area (Å²) in [6.07, 6.45) is 0. The van der Waals surface area contributed by atoms with Crippen LogP contribution >= 0.6 is 0 Å². The standard InChI is InChI=1S/C90H73BN4/c1-88(2,3)60-29-22-28-59(48-60)72-50-61(89(4,5)6)41-46-77(72)92-63-42-47-79-73(53-63)74-51-62(90(7,8)9)52-76-86(74)95(79)82-54-81-83(71-36-23-35-70-68-33-19-17-31-66(68)65-30-16-18-32-67(65)69-34-20-21-37-78(69)94(81)85(70)71)87-84(82)91(76)75-45-40-58(56-26-14-11-15-27-56)49-80(75)93(87)64-43-38-57(39-44-64)55-24-12-10-13-25-55/h10-54,92H,1-9H3/i11D,14D,15D,26D,27D. The molecule has 0 saturated carbocycles. The first-order chi connectivity index (χ1) is 48.1. The third kappa shape index (κ3) is 8.81. The number of para-hydroxylation sites is 2. The van der Waals surface area contributed by atoms with Crippen LogP contribution in [0.3, 0.4) is 0 Å². The van der Waals surface area contributed by atoms with Gasteiger partial charge >= 0.3 is 0 Å². The Morgan fingerprint density at radius 3 is 1.71 bits per heavy atom. The van der Waals surface area contributed by atoms with E-state index in [2.05, 4.69) is 312 Å². The zero-order valence-corrected chi connectivity index (χ0v) is 55.0. The van der Waals surface area contributed by atoms with Gasteiger partial charge in [-0.2, -0.15) is 0 Å². The lowest BCUT2D eigenvalue weighted by Crippen LogP contribution is -2.60. The van der Waals surface area contributed by atoms with Crippen molar-refractivity contribution in [1.82, 2.24) is 8.97 Å². The highest BCUT2D eigenvalue weighted by atomic mass is 15.2. The minimum atomic E-state index is -0.423. The van der Waals surface area contributed by atoms with Gasteiger partial charge in [-0.25, -0.2) is 0 Å². The molecule has 13 aromatic carbocycles. The molecule has 1 N–H and O–H groups in total. The van der Waals surface area contributed by atoms with Crippen molar-refractivity contribution < 1.29 is 6.85 Å². The molecule has 3 aromatic heterocycles. The van der Waals surface area contributed by atoms with Gasteiger partial charge in [0.2, 0.25) is 0 Å². The molecule has 0 aliphatic carbocycles. The van der Waals surface area contributed by atoms with Crippen molar-refractivity contribution in [2.45, 2.75) is 78.6 Å². The number of anilines is 5. The van der Waals surface area contributed by atoms with E-state index in [1.54, 1.807) is 0 Å². The molecule has 4 nitrogen and oxygen atoms in total. The molecule has 95 heavy (non-hydrogen) atoms. The Balaban J connectivity index is 1.01. The largest absolute Gasteiger partial charge is 0.355 e. The van der Waals surface area contributed by atoms with Crippen molar-refractivity contribution in [1.29, 1.82) is 0 Å². The number of benzene rings is 13. The highest BCUT2D eigenvalue weighted by Crippen LogP contribution is 2.51. The first kappa shape index (κ1) is 51.6. The number of hydrogen-bond donors (Lipinski definition) is 1. The number of nitrogens with one attached hydrogen (secondary N) is 1. The zero-order chi connectivity index (χ0) is 68.7. The molecule has 16 aromatic rings. The number of fused-ring (bicyclic) bond motifs is 18. The van der Waals surface area contributed by atoms with Crippen LogP contribution in [0.4, 0.5) is 28.4 Å². The summed E-state index contributed by atoms with van der Waals surface area (Å²) in [6.45, 7) is 20.3. The summed E-state index contributed by atoms with van der Waals surface area (Å²) in [5.41, 5.74) is 23.2. The van der Waals surface area contributed by atoms with Crippen molar-refractivity contribution in [3.05, 3.63) is 290 Å². The van der Waals surface area contributed by atoms with Crippen molar-refractivity contribution in [2.24, 2.45) is 0 Å². The van der Waals surface area contributed by atoms with E-state index in [4.69, 9.17) is 4.11 Å². The molecule has 2 aliphatic rings. The SMILES string of the molecule is [2H]c1c([2H])c([2H])c(-c2ccc3c(c2)N(c2ccc(-c4ccccc4)cc2)c2c4c(cc5c2c2cccc6c7ccccc7c7ccccc7c7ccccc7n5c62)-n2c5ccc(Nc6ccc(C(C)(C)C)cc6-c6cccc(C(C)(C)C)c6)cc5c5cc(C(C)(C)C)cc(c52)B34)c([2H])c1[2H]. The predicted molar refractivity (Wildman–Crippen MR) is 410 cm³/mol. The van der Waals surface area contributed by atoms with E-state index >= 15 is 0 Å². The highest BCUT2D eigenvalue weighted by Gasteiger charge is 2.45.